The summed E-state index contributed by atoms with van der Waals surface area (Å²) in [4.78, 5) is 10.6. The Hall–Kier alpha value is -0.530. The van der Waals surface area contributed by atoms with Gasteiger partial charge in [0.25, 0.3) is 0 Å². The molecule has 2 N–H and O–H groups in total. The van der Waals surface area contributed by atoms with Crippen molar-refractivity contribution >= 4 is 5.91 Å². The molecule has 0 spiro atoms. The Morgan fingerprint density at radius 1 is 1.62 bits per heavy atom. The summed E-state index contributed by atoms with van der Waals surface area (Å²) in [5, 5.41) is 0. The fourth-order valence-corrected chi connectivity index (χ4v) is 1.66. The van der Waals surface area contributed by atoms with Crippen LogP contribution in [0.2, 0.25) is 0 Å². The number of primary amides is 1. The van der Waals surface area contributed by atoms with Crippen LogP contribution in [0.25, 0.3) is 0 Å². The first kappa shape index (κ1) is 4.36. The number of rotatable bonds is 1. The van der Waals surface area contributed by atoms with E-state index in [0.717, 1.165) is 12.8 Å². The Kier molecular flexibility index (Phi) is 0.389. The molecule has 44 valence electrons. The SMILES string of the molecule is CC12CC1(C(N)=O)C2. The Bertz CT molecular complexity index is 167. The number of hydrogen-bond acceptors (Lipinski definition) is 1. The third-order valence-corrected chi connectivity index (χ3v) is 2.76. The predicted octanol–water partition coefficient (Wildman–Crippen LogP) is 0.272. The third-order valence-electron chi connectivity index (χ3n) is 2.76. The largest absolute Gasteiger partial charge is 0.369 e. The lowest BCUT2D eigenvalue weighted by Gasteiger charge is -1.90. The maximum Gasteiger partial charge on any atom is 0.224 e. The lowest BCUT2D eigenvalue weighted by molar-refractivity contribution is -0.121. The van der Waals surface area contributed by atoms with Crippen LogP contribution in [-0.2, 0) is 4.79 Å². The monoisotopic (exact) mass is 111 g/mol. The van der Waals surface area contributed by atoms with Gasteiger partial charge in [-0.3, -0.25) is 4.79 Å². The maximum atomic E-state index is 10.6. The first-order chi connectivity index (χ1) is 3.61. The van der Waals surface area contributed by atoms with Crippen molar-refractivity contribution in [3.8, 4) is 0 Å². The number of fused-ring (bicyclic) bond motifs is 1. The summed E-state index contributed by atoms with van der Waals surface area (Å²) in [6, 6.07) is 0. The Labute approximate surface area is 48.1 Å². The molecule has 0 heterocycles. The Morgan fingerprint density at radius 3 is 2.00 bits per heavy atom. The average molecular weight is 111 g/mol. The second kappa shape index (κ2) is 0.714. The van der Waals surface area contributed by atoms with E-state index >= 15 is 0 Å². The van der Waals surface area contributed by atoms with E-state index < -0.39 is 0 Å². The van der Waals surface area contributed by atoms with Gasteiger partial charge in [-0.05, 0) is 18.3 Å². The highest BCUT2D eigenvalue weighted by Crippen LogP contribution is 2.85. The van der Waals surface area contributed by atoms with Gasteiger partial charge >= 0.3 is 0 Å². The summed E-state index contributed by atoms with van der Waals surface area (Å²) in [5.74, 6) is -0.0833. The number of carbonyl (C=O) groups excluding carboxylic acids is 1. The standard InChI is InChI=1S/C6H9NO/c1-5-2-6(5,3-5)4(7)8/h2-3H2,1H3,(H2,7,8). The summed E-state index contributed by atoms with van der Waals surface area (Å²) >= 11 is 0. The molecular weight excluding hydrogens is 102 g/mol. The molecule has 2 aliphatic carbocycles. The van der Waals surface area contributed by atoms with Crippen molar-refractivity contribution in [2.45, 2.75) is 19.8 Å². The molecule has 0 saturated heterocycles. The van der Waals surface area contributed by atoms with Crippen LogP contribution in [0.4, 0.5) is 0 Å². The minimum Gasteiger partial charge on any atom is -0.369 e. The van der Waals surface area contributed by atoms with Gasteiger partial charge in [-0.2, -0.15) is 0 Å². The van der Waals surface area contributed by atoms with E-state index in [1.165, 1.54) is 0 Å². The minimum atomic E-state index is -0.0833. The number of hydrogen-bond donors (Lipinski definition) is 1. The summed E-state index contributed by atoms with van der Waals surface area (Å²) in [6.07, 6.45) is 2.10. The zero-order chi connectivity index (χ0) is 5.99. The van der Waals surface area contributed by atoms with E-state index in [9.17, 15) is 4.79 Å². The zero-order valence-electron chi connectivity index (χ0n) is 4.90. The van der Waals surface area contributed by atoms with Gasteiger partial charge in [0.15, 0.2) is 0 Å². The topological polar surface area (TPSA) is 43.1 Å². The van der Waals surface area contributed by atoms with Crippen LogP contribution in [0, 0.1) is 10.8 Å². The highest BCUT2D eigenvalue weighted by Gasteiger charge is 2.83. The van der Waals surface area contributed by atoms with Crippen LogP contribution in [0.1, 0.15) is 19.8 Å². The van der Waals surface area contributed by atoms with Crippen molar-refractivity contribution < 1.29 is 4.79 Å². The number of nitrogens with two attached hydrogens (primary N) is 1. The van der Waals surface area contributed by atoms with Gasteiger partial charge in [0.05, 0.1) is 5.41 Å². The Morgan fingerprint density at radius 2 is 2.00 bits per heavy atom. The molecule has 2 fully saturated rings. The predicted molar refractivity (Wildman–Crippen MR) is 29.0 cm³/mol. The summed E-state index contributed by atoms with van der Waals surface area (Å²) in [7, 11) is 0. The lowest BCUT2D eigenvalue weighted by Crippen LogP contribution is -2.17. The van der Waals surface area contributed by atoms with E-state index in [-0.39, 0.29) is 11.3 Å². The second-order valence-electron chi connectivity index (χ2n) is 3.36. The lowest BCUT2D eigenvalue weighted by atomic mass is 10.2. The van der Waals surface area contributed by atoms with Crippen LogP contribution in [0.5, 0.6) is 0 Å². The summed E-state index contributed by atoms with van der Waals surface area (Å²) in [5.41, 5.74) is 5.47. The van der Waals surface area contributed by atoms with Crippen LogP contribution < -0.4 is 5.73 Å². The van der Waals surface area contributed by atoms with Crippen LogP contribution in [0.3, 0.4) is 0 Å². The molecule has 2 rings (SSSR count). The van der Waals surface area contributed by atoms with Crippen LogP contribution in [-0.4, -0.2) is 5.91 Å². The number of amides is 1. The fourth-order valence-electron chi connectivity index (χ4n) is 1.66. The molecule has 0 radical (unpaired) electrons. The quantitative estimate of drug-likeness (QED) is 0.518. The molecule has 0 atom stereocenters. The maximum absolute atomic E-state index is 10.6. The molecule has 0 aromatic heterocycles. The van der Waals surface area contributed by atoms with Gasteiger partial charge < -0.3 is 5.73 Å². The van der Waals surface area contributed by atoms with E-state index in [2.05, 4.69) is 6.92 Å². The highest BCUT2D eigenvalue weighted by atomic mass is 16.1. The van der Waals surface area contributed by atoms with Gasteiger partial charge in [0, 0.05) is 0 Å². The molecule has 0 aliphatic heterocycles. The molecule has 0 aromatic carbocycles. The molecule has 8 heavy (non-hydrogen) atoms. The van der Waals surface area contributed by atoms with Gasteiger partial charge in [0.2, 0.25) is 5.91 Å². The summed E-state index contributed by atoms with van der Waals surface area (Å²) < 4.78 is 0. The van der Waals surface area contributed by atoms with Gasteiger partial charge in [-0.25, -0.2) is 0 Å². The smallest absolute Gasteiger partial charge is 0.224 e. The minimum absolute atomic E-state index is 0.00694. The second-order valence-corrected chi connectivity index (χ2v) is 3.36. The first-order valence-electron chi connectivity index (χ1n) is 2.91. The van der Waals surface area contributed by atoms with E-state index in [1.807, 2.05) is 0 Å². The molecule has 0 bridgehead atoms. The molecule has 0 unspecified atom stereocenters. The molecule has 1 amide bonds. The van der Waals surface area contributed by atoms with E-state index in [0.29, 0.717) is 5.41 Å². The van der Waals surface area contributed by atoms with E-state index in [1.54, 1.807) is 0 Å². The van der Waals surface area contributed by atoms with Crippen molar-refractivity contribution in [3.63, 3.8) is 0 Å². The van der Waals surface area contributed by atoms with E-state index in [4.69, 9.17) is 5.73 Å². The Balaban J connectivity index is 2.24. The molecular formula is C6H9NO. The van der Waals surface area contributed by atoms with Gasteiger partial charge in [0.1, 0.15) is 0 Å². The van der Waals surface area contributed by atoms with Crippen molar-refractivity contribution in [1.29, 1.82) is 0 Å². The number of carbonyl (C=O) groups is 1. The highest BCUT2D eigenvalue weighted by molar-refractivity contribution is 5.90. The molecule has 2 nitrogen and oxygen atoms in total. The molecule has 2 heteroatoms. The zero-order valence-corrected chi connectivity index (χ0v) is 4.90. The van der Waals surface area contributed by atoms with Crippen LogP contribution >= 0.6 is 0 Å². The van der Waals surface area contributed by atoms with Crippen molar-refractivity contribution in [2.75, 3.05) is 0 Å². The average Bonchev–Trinajstić information content (AvgIpc) is 2.22. The fraction of sp³-hybridized carbons (Fsp3) is 0.833. The van der Waals surface area contributed by atoms with Crippen molar-refractivity contribution in [2.24, 2.45) is 16.6 Å². The summed E-state index contributed by atoms with van der Waals surface area (Å²) in [6.45, 7) is 2.12. The van der Waals surface area contributed by atoms with Crippen molar-refractivity contribution in [1.82, 2.24) is 0 Å². The van der Waals surface area contributed by atoms with Crippen LogP contribution in [0.15, 0.2) is 0 Å². The van der Waals surface area contributed by atoms with Gasteiger partial charge in [-0.1, -0.05) is 6.92 Å². The molecule has 0 aromatic rings. The van der Waals surface area contributed by atoms with Gasteiger partial charge in [-0.15, -0.1) is 0 Å². The normalized spacial score (nSPS) is 57.1. The van der Waals surface area contributed by atoms with Crippen molar-refractivity contribution in [3.05, 3.63) is 0 Å². The molecule has 2 saturated carbocycles. The third kappa shape index (κ3) is 0.216. The molecule has 2 aliphatic rings. The first-order valence-corrected chi connectivity index (χ1v) is 2.91.